The Bertz CT molecular complexity index is 1230. The number of nitrogens with two attached hydrogens (primary N) is 1. The van der Waals surface area contributed by atoms with E-state index in [1.807, 2.05) is 0 Å². The minimum Gasteiger partial charge on any atom is -0.493 e. The highest BCUT2D eigenvalue weighted by Gasteiger charge is 2.21. The fourth-order valence-corrected chi connectivity index (χ4v) is 3.66. The van der Waals surface area contributed by atoms with Crippen LogP contribution in [-0.2, 0) is 10.0 Å². The van der Waals surface area contributed by atoms with Crippen LogP contribution in [0.4, 0.5) is 4.39 Å². The van der Waals surface area contributed by atoms with Crippen molar-refractivity contribution in [2.45, 2.75) is 4.90 Å². The minimum absolute atomic E-state index is 0.0945. The summed E-state index contributed by atoms with van der Waals surface area (Å²) >= 11 is 0. The van der Waals surface area contributed by atoms with Crippen LogP contribution in [0.5, 0.6) is 17.2 Å². The zero-order valence-corrected chi connectivity index (χ0v) is 17.8. The van der Waals surface area contributed by atoms with Crippen molar-refractivity contribution in [3.63, 3.8) is 0 Å². The monoisotopic (exact) mass is 445 g/mol. The number of sulfonamides is 1. The Morgan fingerprint density at radius 1 is 0.871 bits per heavy atom. The molecule has 0 aromatic heterocycles. The van der Waals surface area contributed by atoms with Gasteiger partial charge in [-0.1, -0.05) is 18.2 Å². The molecule has 0 fully saturated rings. The van der Waals surface area contributed by atoms with Gasteiger partial charge < -0.3 is 14.2 Å². The number of ketones is 1. The fourth-order valence-electron chi connectivity index (χ4n) is 3.10. The van der Waals surface area contributed by atoms with Crippen LogP contribution in [-0.4, -0.2) is 35.5 Å². The average molecular weight is 445 g/mol. The van der Waals surface area contributed by atoms with Crippen LogP contribution in [0.3, 0.4) is 0 Å². The molecule has 0 radical (unpaired) electrons. The molecule has 3 aromatic carbocycles. The number of halogens is 1. The molecule has 0 bridgehead atoms. The van der Waals surface area contributed by atoms with E-state index in [9.17, 15) is 17.6 Å². The van der Waals surface area contributed by atoms with E-state index >= 15 is 0 Å². The zero-order valence-electron chi connectivity index (χ0n) is 17.0. The largest absolute Gasteiger partial charge is 0.493 e. The Balaban J connectivity index is 2.02. The maximum Gasteiger partial charge on any atom is 0.238 e. The summed E-state index contributed by atoms with van der Waals surface area (Å²) in [4.78, 5) is 12.9. The summed E-state index contributed by atoms with van der Waals surface area (Å²) in [5.74, 6) is -0.505. The molecule has 0 aliphatic carbocycles. The summed E-state index contributed by atoms with van der Waals surface area (Å²) in [7, 11) is 0.360. The van der Waals surface area contributed by atoms with Gasteiger partial charge in [-0.3, -0.25) is 4.79 Å². The van der Waals surface area contributed by atoms with E-state index in [4.69, 9.17) is 19.3 Å². The Morgan fingerprint density at radius 2 is 1.48 bits per heavy atom. The Morgan fingerprint density at radius 3 is 2.00 bits per heavy atom. The molecule has 0 unspecified atom stereocenters. The summed E-state index contributed by atoms with van der Waals surface area (Å²) in [6.07, 6.45) is 0. The lowest BCUT2D eigenvalue weighted by molar-refractivity contribution is 0.103. The number of carbonyl (C=O) groups excluding carboxylic acids is 1. The van der Waals surface area contributed by atoms with E-state index < -0.39 is 21.6 Å². The first-order chi connectivity index (χ1) is 14.7. The van der Waals surface area contributed by atoms with Crippen LogP contribution in [0.1, 0.15) is 15.9 Å². The lowest BCUT2D eigenvalue weighted by atomic mass is 9.98. The molecule has 2 N–H and O–H groups in total. The third-order valence-electron chi connectivity index (χ3n) is 4.64. The van der Waals surface area contributed by atoms with Gasteiger partial charge in [0.05, 0.1) is 31.8 Å². The Kier molecular flexibility index (Phi) is 6.28. The first-order valence-electron chi connectivity index (χ1n) is 8.97. The molecule has 9 heteroatoms. The lowest BCUT2D eigenvalue weighted by Crippen LogP contribution is -2.12. The normalized spacial score (nSPS) is 11.1. The van der Waals surface area contributed by atoms with Crippen molar-refractivity contribution in [2.75, 3.05) is 21.3 Å². The van der Waals surface area contributed by atoms with Crippen LogP contribution in [0.15, 0.2) is 59.5 Å². The summed E-state index contributed by atoms with van der Waals surface area (Å²) in [5, 5.41) is 5.15. The van der Waals surface area contributed by atoms with Gasteiger partial charge in [-0.2, -0.15) is 0 Å². The second-order valence-electron chi connectivity index (χ2n) is 6.51. The van der Waals surface area contributed by atoms with Crippen molar-refractivity contribution in [1.82, 2.24) is 0 Å². The van der Waals surface area contributed by atoms with Crippen molar-refractivity contribution >= 4 is 15.8 Å². The van der Waals surface area contributed by atoms with E-state index in [-0.39, 0.29) is 27.5 Å². The third kappa shape index (κ3) is 4.52. The summed E-state index contributed by atoms with van der Waals surface area (Å²) in [5.41, 5.74) is 0.819. The quantitative estimate of drug-likeness (QED) is 0.559. The molecule has 0 amide bonds. The summed E-state index contributed by atoms with van der Waals surface area (Å²) in [6.45, 7) is 0. The van der Waals surface area contributed by atoms with Crippen LogP contribution in [0.2, 0.25) is 0 Å². The van der Waals surface area contributed by atoms with Gasteiger partial charge in [0.2, 0.25) is 15.8 Å². The van der Waals surface area contributed by atoms with Gasteiger partial charge in [0.15, 0.2) is 17.3 Å². The third-order valence-corrected chi connectivity index (χ3v) is 5.55. The van der Waals surface area contributed by atoms with Crippen molar-refractivity contribution < 1.29 is 31.8 Å². The van der Waals surface area contributed by atoms with Gasteiger partial charge in [0.25, 0.3) is 0 Å². The number of rotatable bonds is 7. The molecule has 7 nitrogen and oxygen atoms in total. The van der Waals surface area contributed by atoms with E-state index in [0.29, 0.717) is 16.9 Å². The number of primary sulfonamides is 1. The molecular formula is C22H20FNO6S. The molecular weight excluding hydrogens is 425 g/mol. The number of carbonyl (C=O) groups is 1. The smallest absolute Gasteiger partial charge is 0.238 e. The summed E-state index contributed by atoms with van der Waals surface area (Å²) in [6, 6.07) is 12.7. The standard InChI is InChI=1S/C22H20FNO6S/c1-28-19-11-15(12-20(29-2)22(19)30-3)21(25)17-8-7-14(10-18(17)23)13-5-4-6-16(9-13)31(24,26)27/h4-12H,1-3H3,(H2,24,26,27). The fraction of sp³-hybridized carbons (Fsp3) is 0.136. The molecule has 0 aliphatic rings. The van der Waals surface area contributed by atoms with Crippen molar-refractivity contribution in [3.05, 3.63) is 71.5 Å². The van der Waals surface area contributed by atoms with Crippen LogP contribution in [0, 0.1) is 5.82 Å². The van der Waals surface area contributed by atoms with Crippen molar-refractivity contribution in [3.8, 4) is 28.4 Å². The zero-order chi connectivity index (χ0) is 22.8. The van der Waals surface area contributed by atoms with Gasteiger partial charge in [0.1, 0.15) is 5.82 Å². The highest BCUT2D eigenvalue weighted by molar-refractivity contribution is 7.89. The number of benzene rings is 3. The van der Waals surface area contributed by atoms with E-state index in [1.165, 1.54) is 63.8 Å². The van der Waals surface area contributed by atoms with Crippen LogP contribution >= 0.6 is 0 Å². The van der Waals surface area contributed by atoms with Crippen LogP contribution < -0.4 is 19.3 Å². The molecule has 0 atom stereocenters. The van der Waals surface area contributed by atoms with E-state index in [2.05, 4.69) is 0 Å². The number of methoxy groups -OCH3 is 3. The second kappa shape index (κ2) is 8.75. The molecule has 31 heavy (non-hydrogen) atoms. The number of ether oxygens (including phenoxy) is 3. The minimum atomic E-state index is -3.90. The number of hydrogen-bond acceptors (Lipinski definition) is 6. The Labute approximate surface area is 179 Å². The highest BCUT2D eigenvalue weighted by atomic mass is 32.2. The van der Waals surface area contributed by atoms with Gasteiger partial charge in [-0.05, 0) is 47.5 Å². The molecule has 0 spiro atoms. The van der Waals surface area contributed by atoms with Gasteiger partial charge in [-0.25, -0.2) is 17.9 Å². The molecule has 3 rings (SSSR count). The molecule has 0 heterocycles. The first-order valence-corrected chi connectivity index (χ1v) is 10.5. The first kappa shape index (κ1) is 22.3. The van der Waals surface area contributed by atoms with E-state index in [1.54, 1.807) is 6.07 Å². The predicted molar refractivity (Wildman–Crippen MR) is 113 cm³/mol. The topological polar surface area (TPSA) is 105 Å². The molecule has 3 aromatic rings. The Hall–Kier alpha value is -3.43. The summed E-state index contributed by atoms with van der Waals surface area (Å²) < 4.78 is 53.7. The predicted octanol–water partition coefficient (Wildman–Crippen LogP) is 3.40. The lowest BCUT2D eigenvalue weighted by Gasteiger charge is -2.14. The van der Waals surface area contributed by atoms with Gasteiger partial charge >= 0.3 is 0 Å². The second-order valence-corrected chi connectivity index (χ2v) is 8.07. The van der Waals surface area contributed by atoms with Crippen LogP contribution in [0.25, 0.3) is 11.1 Å². The molecule has 162 valence electrons. The molecule has 0 saturated heterocycles. The maximum atomic E-state index is 14.9. The van der Waals surface area contributed by atoms with E-state index in [0.717, 1.165) is 6.07 Å². The highest BCUT2D eigenvalue weighted by Crippen LogP contribution is 2.39. The van der Waals surface area contributed by atoms with Crippen molar-refractivity contribution in [1.29, 1.82) is 0 Å². The SMILES string of the molecule is COc1cc(C(=O)c2ccc(-c3cccc(S(N)(=O)=O)c3)cc2F)cc(OC)c1OC. The number of hydrogen-bond donors (Lipinski definition) is 1. The van der Waals surface area contributed by atoms with Gasteiger partial charge in [0, 0.05) is 5.56 Å². The van der Waals surface area contributed by atoms with Gasteiger partial charge in [-0.15, -0.1) is 0 Å². The molecule has 0 aliphatic heterocycles. The van der Waals surface area contributed by atoms with Crippen molar-refractivity contribution in [2.24, 2.45) is 5.14 Å². The average Bonchev–Trinajstić information content (AvgIpc) is 2.76. The maximum absolute atomic E-state index is 14.9. The molecule has 0 saturated carbocycles.